The number of thioether (sulfide) groups is 1. The largest absolute Gasteiger partial charge is 0.342 e. The van der Waals surface area contributed by atoms with Gasteiger partial charge in [0.05, 0.1) is 22.4 Å². The highest BCUT2D eigenvalue weighted by Crippen LogP contribution is 2.21. The fourth-order valence-corrected chi connectivity index (χ4v) is 3.80. The SMILES string of the molecule is Cc1cccc(NC(=O)CSc2nnc(C(C)NC(=O)c3ccccc3Cl)n2C)c1. The number of amides is 2. The van der Waals surface area contributed by atoms with Crippen LogP contribution in [0.3, 0.4) is 0 Å². The van der Waals surface area contributed by atoms with Gasteiger partial charge >= 0.3 is 0 Å². The lowest BCUT2D eigenvalue weighted by Gasteiger charge is -2.14. The van der Waals surface area contributed by atoms with E-state index in [1.165, 1.54) is 11.8 Å². The highest BCUT2D eigenvalue weighted by molar-refractivity contribution is 7.99. The van der Waals surface area contributed by atoms with E-state index in [1.54, 1.807) is 35.9 Å². The van der Waals surface area contributed by atoms with E-state index in [1.807, 2.05) is 38.1 Å². The van der Waals surface area contributed by atoms with E-state index >= 15 is 0 Å². The van der Waals surface area contributed by atoms with Crippen molar-refractivity contribution in [3.63, 3.8) is 0 Å². The smallest absolute Gasteiger partial charge is 0.253 e. The van der Waals surface area contributed by atoms with Crippen LogP contribution in [0.25, 0.3) is 0 Å². The van der Waals surface area contributed by atoms with Crippen LogP contribution in [0.1, 0.15) is 34.7 Å². The minimum atomic E-state index is -0.387. The van der Waals surface area contributed by atoms with Crippen LogP contribution < -0.4 is 10.6 Å². The van der Waals surface area contributed by atoms with E-state index in [0.29, 0.717) is 21.6 Å². The highest BCUT2D eigenvalue weighted by Gasteiger charge is 2.20. The van der Waals surface area contributed by atoms with Crippen molar-refractivity contribution in [3.05, 3.63) is 70.5 Å². The van der Waals surface area contributed by atoms with Crippen molar-refractivity contribution >= 4 is 40.9 Å². The molecule has 1 atom stereocenters. The standard InChI is InChI=1S/C21H22ClN5O2S/c1-13-7-6-8-15(11-13)24-18(28)12-30-21-26-25-19(27(21)3)14(2)23-20(29)16-9-4-5-10-17(16)22/h4-11,14H,12H2,1-3H3,(H,23,29)(H,24,28). The van der Waals surface area contributed by atoms with Crippen molar-refractivity contribution in [2.24, 2.45) is 7.05 Å². The van der Waals surface area contributed by atoms with Crippen molar-refractivity contribution in [1.29, 1.82) is 0 Å². The number of nitrogens with zero attached hydrogens (tertiary/aromatic N) is 3. The number of benzene rings is 2. The number of aryl methyl sites for hydroxylation is 1. The predicted octanol–water partition coefficient (Wildman–Crippen LogP) is 4.00. The summed E-state index contributed by atoms with van der Waals surface area (Å²) >= 11 is 7.36. The first kappa shape index (κ1) is 21.9. The van der Waals surface area contributed by atoms with Gasteiger partial charge in [-0.1, -0.05) is 47.6 Å². The summed E-state index contributed by atoms with van der Waals surface area (Å²) in [4.78, 5) is 24.7. The molecule has 0 saturated heterocycles. The van der Waals surface area contributed by atoms with E-state index in [2.05, 4.69) is 20.8 Å². The van der Waals surface area contributed by atoms with Gasteiger partial charge in [0.25, 0.3) is 5.91 Å². The third kappa shape index (κ3) is 5.40. The molecule has 0 aliphatic heterocycles. The van der Waals surface area contributed by atoms with Crippen molar-refractivity contribution in [3.8, 4) is 0 Å². The van der Waals surface area contributed by atoms with Crippen LogP contribution in [-0.4, -0.2) is 32.3 Å². The molecule has 0 aliphatic carbocycles. The zero-order valence-electron chi connectivity index (χ0n) is 16.8. The van der Waals surface area contributed by atoms with Crippen molar-refractivity contribution in [2.45, 2.75) is 25.0 Å². The summed E-state index contributed by atoms with van der Waals surface area (Å²) < 4.78 is 1.77. The summed E-state index contributed by atoms with van der Waals surface area (Å²) in [6.07, 6.45) is 0. The number of halogens is 1. The van der Waals surface area contributed by atoms with E-state index in [4.69, 9.17) is 11.6 Å². The van der Waals surface area contributed by atoms with Gasteiger partial charge in [-0.25, -0.2) is 0 Å². The van der Waals surface area contributed by atoms with Crippen molar-refractivity contribution in [1.82, 2.24) is 20.1 Å². The van der Waals surface area contributed by atoms with E-state index in [9.17, 15) is 9.59 Å². The van der Waals surface area contributed by atoms with Crippen LogP contribution in [0.5, 0.6) is 0 Å². The summed E-state index contributed by atoms with van der Waals surface area (Å²) in [5.74, 6) is 0.357. The molecule has 1 aromatic heterocycles. The fraction of sp³-hybridized carbons (Fsp3) is 0.238. The Morgan fingerprint density at radius 1 is 1.17 bits per heavy atom. The van der Waals surface area contributed by atoms with Gasteiger partial charge in [-0.3, -0.25) is 9.59 Å². The lowest BCUT2D eigenvalue weighted by molar-refractivity contribution is -0.113. The van der Waals surface area contributed by atoms with Gasteiger partial charge in [0.2, 0.25) is 5.91 Å². The topological polar surface area (TPSA) is 88.9 Å². The predicted molar refractivity (Wildman–Crippen MR) is 119 cm³/mol. The van der Waals surface area contributed by atoms with Gasteiger partial charge in [0.1, 0.15) is 0 Å². The quantitative estimate of drug-likeness (QED) is 0.539. The van der Waals surface area contributed by atoms with Crippen LogP contribution in [0.4, 0.5) is 5.69 Å². The first-order valence-electron chi connectivity index (χ1n) is 9.29. The molecule has 0 saturated carbocycles. The Balaban J connectivity index is 1.59. The Kier molecular flexibility index (Phi) is 7.12. The molecule has 2 aromatic carbocycles. The fourth-order valence-electron chi connectivity index (χ4n) is 2.86. The summed E-state index contributed by atoms with van der Waals surface area (Å²) in [5, 5.41) is 15.0. The summed E-state index contributed by atoms with van der Waals surface area (Å²) in [6, 6.07) is 14.1. The maximum atomic E-state index is 12.5. The molecule has 0 aliphatic rings. The van der Waals surface area contributed by atoms with Gasteiger partial charge in [0.15, 0.2) is 11.0 Å². The second kappa shape index (κ2) is 9.77. The van der Waals surface area contributed by atoms with Gasteiger partial charge in [-0.05, 0) is 43.7 Å². The average Bonchev–Trinajstić information content (AvgIpc) is 3.07. The third-order valence-electron chi connectivity index (χ3n) is 4.36. The van der Waals surface area contributed by atoms with Crippen molar-refractivity contribution < 1.29 is 9.59 Å². The van der Waals surface area contributed by atoms with Gasteiger partial charge in [0, 0.05) is 12.7 Å². The monoisotopic (exact) mass is 443 g/mol. The van der Waals surface area contributed by atoms with E-state index in [0.717, 1.165) is 11.3 Å². The molecule has 0 radical (unpaired) electrons. The summed E-state index contributed by atoms with van der Waals surface area (Å²) in [7, 11) is 1.80. The maximum Gasteiger partial charge on any atom is 0.253 e. The molecule has 0 bridgehead atoms. The normalized spacial score (nSPS) is 11.7. The average molecular weight is 444 g/mol. The number of anilines is 1. The third-order valence-corrected chi connectivity index (χ3v) is 5.71. The summed E-state index contributed by atoms with van der Waals surface area (Å²) in [6.45, 7) is 3.79. The Hall–Kier alpha value is -2.84. The molecule has 0 spiro atoms. The highest BCUT2D eigenvalue weighted by atomic mass is 35.5. The second-order valence-corrected chi connectivity index (χ2v) is 8.13. The second-order valence-electron chi connectivity index (χ2n) is 6.78. The number of nitrogens with one attached hydrogen (secondary N) is 2. The van der Waals surface area contributed by atoms with Crippen LogP contribution in [0, 0.1) is 6.92 Å². The van der Waals surface area contributed by atoms with Gasteiger partial charge in [-0.2, -0.15) is 0 Å². The number of hydrogen-bond acceptors (Lipinski definition) is 5. The van der Waals surface area contributed by atoms with Crippen LogP contribution >= 0.6 is 23.4 Å². The number of hydrogen-bond donors (Lipinski definition) is 2. The first-order chi connectivity index (χ1) is 14.3. The molecule has 9 heteroatoms. The lowest BCUT2D eigenvalue weighted by atomic mass is 10.2. The zero-order valence-corrected chi connectivity index (χ0v) is 18.4. The molecule has 156 valence electrons. The van der Waals surface area contributed by atoms with Crippen molar-refractivity contribution in [2.75, 3.05) is 11.1 Å². The molecule has 3 aromatic rings. The number of aromatic nitrogens is 3. The molecule has 2 amide bonds. The Morgan fingerprint density at radius 2 is 1.93 bits per heavy atom. The minimum Gasteiger partial charge on any atom is -0.342 e. The van der Waals surface area contributed by atoms with Gasteiger partial charge in [-0.15, -0.1) is 10.2 Å². The number of rotatable bonds is 7. The molecule has 7 nitrogen and oxygen atoms in total. The molecule has 1 heterocycles. The van der Waals surface area contributed by atoms with Gasteiger partial charge < -0.3 is 15.2 Å². The molecular formula is C21H22ClN5O2S. The first-order valence-corrected chi connectivity index (χ1v) is 10.7. The lowest BCUT2D eigenvalue weighted by Crippen LogP contribution is -2.28. The summed E-state index contributed by atoms with van der Waals surface area (Å²) in [5.41, 5.74) is 2.23. The molecule has 1 unspecified atom stereocenters. The van der Waals surface area contributed by atoms with Crippen LogP contribution in [0.2, 0.25) is 5.02 Å². The molecule has 3 rings (SSSR count). The molecular weight excluding hydrogens is 422 g/mol. The zero-order chi connectivity index (χ0) is 21.7. The minimum absolute atomic E-state index is 0.129. The molecule has 0 fully saturated rings. The van der Waals surface area contributed by atoms with E-state index in [-0.39, 0.29) is 23.6 Å². The van der Waals surface area contributed by atoms with E-state index < -0.39 is 0 Å². The van der Waals surface area contributed by atoms with Crippen LogP contribution in [0.15, 0.2) is 53.7 Å². The molecule has 30 heavy (non-hydrogen) atoms. The Morgan fingerprint density at radius 3 is 2.67 bits per heavy atom. The molecule has 2 N–H and O–H groups in total. The number of carbonyl (C=O) groups is 2. The Bertz CT molecular complexity index is 1070. The van der Waals surface area contributed by atoms with Crippen LogP contribution in [-0.2, 0) is 11.8 Å². The number of carbonyl (C=O) groups excluding carboxylic acids is 2. The Labute approximate surface area is 184 Å². The maximum absolute atomic E-state index is 12.5.